The lowest BCUT2D eigenvalue weighted by Crippen LogP contribution is -2.55. The second kappa shape index (κ2) is 14.0. The predicted molar refractivity (Wildman–Crippen MR) is 137 cm³/mol. The summed E-state index contributed by atoms with van der Waals surface area (Å²) in [5, 5.41) is 14.0. The molecular weight excluding hydrogens is 481 g/mol. The van der Waals surface area contributed by atoms with Crippen LogP contribution >= 0.6 is 0 Å². The summed E-state index contributed by atoms with van der Waals surface area (Å²) in [5.74, 6) is -1.35. The van der Waals surface area contributed by atoms with Crippen molar-refractivity contribution in [1.82, 2.24) is 10.6 Å². The second-order valence-corrected chi connectivity index (χ2v) is 9.33. The van der Waals surface area contributed by atoms with Crippen LogP contribution in [0.25, 0.3) is 0 Å². The molecule has 10 heteroatoms. The first kappa shape index (κ1) is 29.3. The topological polar surface area (TPSA) is 125 Å². The van der Waals surface area contributed by atoms with E-state index in [0.717, 1.165) is 11.5 Å². The van der Waals surface area contributed by atoms with Crippen molar-refractivity contribution in [2.45, 2.75) is 52.1 Å². The zero-order valence-electron chi connectivity index (χ0n) is 21.5. The number of esters is 1. The Bertz CT molecular complexity index is 1100. The first-order valence-corrected chi connectivity index (χ1v) is 12.0. The summed E-state index contributed by atoms with van der Waals surface area (Å²) in [6, 6.07) is 11.0. The molecule has 37 heavy (non-hydrogen) atoms. The van der Waals surface area contributed by atoms with Crippen molar-refractivity contribution in [1.29, 1.82) is 0 Å². The summed E-state index contributed by atoms with van der Waals surface area (Å²) >= 11 is 0. The number of rotatable bonds is 8. The van der Waals surface area contributed by atoms with Crippen LogP contribution < -0.4 is 15.5 Å². The molecule has 0 aliphatic carbocycles. The van der Waals surface area contributed by atoms with Crippen molar-refractivity contribution < 1.29 is 33.4 Å². The summed E-state index contributed by atoms with van der Waals surface area (Å²) in [5.41, 5.74) is 1.58. The Balaban J connectivity index is 0.00000112. The highest BCUT2D eigenvalue weighted by atomic mass is 19.1. The molecule has 0 spiro atoms. The number of hydrogen-bond acceptors (Lipinski definition) is 5. The minimum atomic E-state index is -1.35. The van der Waals surface area contributed by atoms with Crippen LogP contribution in [0.4, 0.5) is 14.9 Å². The smallest absolute Gasteiger partial charge is 0.404 e. The third-order valence-corrected chi connectivity index (χ3v) is 5.30. The Labute approximate surface area is 216 Å². The number of carbonyl (C=O) groups excluding carboxylic acids is 3. The number of halogens is 1. The predicted octanol–water partition coefficient (Wildman–Crippen LogP) is 3.30. The molecule has 9 nitrogen and oxygen atoms in total. The zero-order chi connectivity index (χ0) is 27.5. The fourth-order valence-corrected chi connectivity index (χ4v) is 3.79. The van der Waals surface area contributed by atoms with Gasteiger partial charge in [0.05, 0.1) is 7.11 Å². The molecule has 3 rings (SSSR count). The molecule has 200 valence electrons. The van der Waals surface area contributed by atoms with Crippen molar-refractivity contribution in [3.05, 3.63) is 65.5 Å². The quantitative estimate of drug-likeness (QED) is 0.464. The Hall–Kier alpha value is -3.95. The van der Waals surface area contributed by atoms with E-state index in [1.807, 2.05) is 0 Å². The third kappa shape index (κ3) is 9.21. The molecule has 1 heterocycles. The van der Waals surface area contributed by atoms with E-state index in [-0.39, 0.29) is 31.4 Å². The second-order valence-electron chi connectivity index (χ2n) is 9.33. The maximum Gasteiger partial charge on any atom is 0.404 e. The Morgan fingerprint density at radius 3 is 2.35 bits per heavy atom. The van der Waals surface area contributed by atoms with Gasteiger partial charge < -0.3 is 20.5 Å². The average Bonchev–Trinajstić information content (AvgIpc) is 2.82. The number of nitrogens with one attached hydrogen (secondary N) is 2. The maximum absolute atomic E-state index is 14.0. The molecule has 1 aliphatic rings. The van der Waals surface area contributed by atoms with E-state index in [2.05, 4.69) is 36.1 Å². The summed E-state index contributed by atoms with van der Waals surface area (Å²) < 4.78 is 18.7. The summed E-state index contributed by atoms with van der Waals surface area (Å²) in [4.78, 5) is 50.0. The highest BCUT2D eigenvalue weighted by molar-refractivity contribution is 6.04. The number of amides is 3. The molecular formula is C27H34FN3O6. The van der Waals surface area contributed by atoms with E-state index in [4.69, 9.17) is 5.11 Å². The number of anilines is 1. The van der Waals surface area contributed by atoms with E-state index in [9.17, 15) is 23.6 Å². The molecule has 0 aromatic heterocycles. The lowest BCUT2D eigenvalue weighted by atomic mass is 9.96. The average molecular weight is 516 g/mol. The molecule has 3 N–H and O–H groups in total. The summed E-state index contributed by atoms with van der Waals surface area (Å²) in [7, 11) is 1.22. The Morgan fingerprint density at radius 1 is 1.11 bits per heavy atom. The molecule has 2 atom stereocenters. The van der Waals surface area contributed by atoms with Gasteiger partial charge >= 0.3 is 12.1 Å². The minimum Gasteiger partial charge on any atom is -0.468 e. The van der Waals surface area contributed by atoms with Crippen molar-refractivity contribution in [2.75, 3.05) is 18.6 Å². The molecule has 0 fully saturated rings. The van der Waals surface area contributed by atoms with Gasteiger partial charge in [-0.2, -0.15) is 0 Å². The number of carbonyl (C=O) groups is 4. The van der Waals surface area contributed by atoms with Crippen LogP contribution in [0.1, 0.15) is 38.3 Å². The van der Waals surface area contributed by atoms with Crippen molar-refractivity contribution in [3.8, 4) is 0 Å². The number of carboxylic acid groups (broad SMARTS) is 1. The third-order valence-electron chi connectivity index (χ3n) is 5.30. The highest BCUT2D eigenvalue weighted by Gasteiger charge is 2.35. The lowest BCUT2D eigenvalue weighted by molar-refractivity contribution is -0.140. The molecule has 0 radical (unpaired) electrons. The lowest BCUT2D eigenvalue weighted by Gasteiger charge is -2.34. The molecule has 2 aromatic carbocycles. The highest BCUT2D eigenvalue weighted by Crippen LogP contribution is 2.27. The van der Waals surface area contributed by atoms with Gasteiger partial charge in [-0.1, -0.05) is 57.2 Å². The number of benzene rings is 2. The van der Waals surface area contributed by atoms with E-state index in [1.165, 1.54) is 30.2 Å². The van der Waals surface area contributed by atoms with Crippen LogP contribution in [0, 0.1) is 11.7 Å². The first-order chi connectivity index (χ1) is 17.5. The largest absolute Gasteiger partial charge is 0.468 e. The van der Waals surface area contributed by atoms with Crippen LogP contribution in [-0.4, -0.2) is 54.7 Å². The van der Waals surface area contributed by atoms with Crippen LogP contribution in [0.2, 0.25) is 0 Å². The van der Waals surface area contributed by atoms with Gasteiger partial charge in [-0.15, -0.1) is 0 Å². The van der Waals surface area contributed by atoms with Crippen LogP contribution in [0.5, 0.6) is 0 Å². The van der Waals surface area contributed by atoms with Gasteiger partial charge in [0.1, 0.15) is 18.4 Å². The van der Waals surface area contributed by atoms with Crippen molar-refractivity contribution in [3.63, 3.8) is 0 Å². The molecule has 2 unspecified atom stereocenters. The molecule has 0 saturated carbocycles. The van der Waals surface area contributed by atoms with E-state index in [1.54, 1.807) is 30.3 Å². The van der Waals surface area contributed by atoms with Crippen LogP contribution in [0.15, 0.2) is 48.5 Å². The fourth-order valence-electron chi connectivity index (χ4n) is 3.79. The van der Waals surface area contributed by atoms with Gasteiger partial charge in [0.15, 0.2) is 0 Å². The van der Waals surface area contributed by atoms with Crippen molar-refractivity contribution in [2.24, 2.45) is 5.92 Å². The normalized spacial score (nSPS) is 15.1. The zero-order valence-corrected chi connectivity index (χ0v) is 21.5. The summed E-state index contributed by atoms with van der Waals surface area (Å²) in [6.07, 6.45) is -1.48. The Morgan fingerprint density at radius 2 is 1.73 bits per heavy atom. The minimum absolute atomic E-state index is 0.0394. The van der Waals surface area contributed by atoms with Gasteiger partial charge in [-0.05, 0) is 35.6 Å². The molecule has 3 amide bonds. The van der Waals surface area contributed by atoms with Gasteiger partial charge in [-0.25, -0.2) is 9.18 Å². The monoisotopic (exact) mass is 515 g/mol. The van der Waals surface area contributed by atoms with Gasteiger partial charge in [0.25, 0.3) is 0 Å². The molecule has 1 aliphatic heterocycles. The van der Waals surface area contributed by atoms with Gasteiger partial charge in [0, 0.05) is 24.6 Å². The number of nitrogens with zero attached hydrogens (tertiary/aromatic N) is 1. The van der Waals surface area contributed by atoms with Gasteiger partial charge in [-0.3, -0.25) is 19.3 Å². The van der Waals surface area contributed by atoms with E-state index < -0.39 is 41.8 Å². The van der Waals surface area contributed by atoms with Gasteiger partial charge in [0.2, 0.25) is 11.8 Å². The van der Waals surface area contributed by atoms with E-state index >= 15 is 0 Å². The molecule has 2 aromatic rings. The molecule has 0 saturated heterocycles. The SMILES string of the molecule is CC(C)C.COC(=O)CN1C(=O)C(NC(=O)CC(Cc2ccccc2F)NC(=O)O)Cc2ccccc21. The maximum atomic E-state index is 14.0. The molecule has 0 bridgehead atoms. The van der Waals surface area contributed by atoms with Crippen molar-refractivity contribution >= 4 is 29.6 Å². The van der Waals surface area contributed by atoms with Crippen LogP contribution in [-0.2, 0) is 32.0 Å². The number of ether oxygens (including phenoxy) is 1. The van der Waals surface area contributed by atoms with E-state index in [0.29, 0.717) is 5.69 Å². The number of methoxy groups -OCH3 is 1. The number of hydrogen-bond donors (Lipinski definition) is 3. The number of para-hydroxylation sites is 1. The standard InChI is InChI=1S/C23H24FN3O6.C4H10/c1-33-21(29)13-27-19-9-5-3-7-15(19)11-18(22(27)30)26-20(28)12-16(25-23(31)32)10-14-6-2-4-8-17(14)24;1-4(2)3/h2-9,16,18,25H,10-13H2,1H3,(H,26,28)(H,31,32);4H,1-3H3. The summed E-state index contributed by atoms with van der Waals surface area (Å²) in [6.45, 7) is 6.19. The fraction of sp³-hybridized carbons (Fsp3) is 0.407. The first-order valence-electron chi connectivity index (χ1n) is 12.0. The van der Waals surface area contributed by atoms with Crippen LogP contribution in [0.3, 0.4) is 0 Å². The Kier molecular flexibility index (Phi) is 11.0. The number of fused-ring (bicyclic) bond motifs is 1.